The number of β-amino-alcohol motifs (C(OH)–C–C–N with tert-alkyl or cyclic N) is 1. The van der Waals surface area contributed by atoms with Crippen molar-refractivity contribution in [3.05, 3.63) is 115 Å². The van der Waals surface area contributed by atoms with E-state index < -0.39 is 28.1 Å². The van der Waals surface area contributed by atoms with Gasteiger partial charge < -0.3 is 15.0 Å². The lowest BCUT2D eigenvalue weighted by atomic mass is 9.79. The van der Waals surface area contributed by atoms with Gasteiger partial charge in [0.05, 0.1) is 17.2 Å². The van der Waals surface area contributed by atoms with Crippen molar-refractivity contribution in [3.8, 4) is 0 Å². The van der Waals surface area contributed by atoms with E-state index in [1.54, 1.807) is 18.2 Å². The normalized spacial score (nSPS) is 20.9. The van der Waals surface area contributed by atoms with Gasteiger partial charge in [-0.25, -0.2) is 4.79 Å². The number of aliphatic hydroxyl groups excluding tert-OH is 1. The van der Waals surface area contributed by atoms with Crippen LogP contribution in [-0.4, -0.2) is 54.6 Å². The van der Waals surface area contributed by atoms with Gasteiger partial charge in [0.15, 0.2) is 0 Å². The number of halogens is 2. The maximum absolute atomic E-state index is 13.8. The molecule has 3 aromatic rings. The Morgan fingerprint density at radius 3 is 2.59 bits per heavy atom. The Hall–Kier alpha value is -3.50. The topological polar surface area (TPSA) is 109 Å². The van der Waals surface area contributed by atoms with Crippen LogP contribution < -0.4 is 16.6 Å². The minimum Gasteiger partial charge on any atom is -0.390 e. The van der Waals surface area contributed by atoms with Crippen molar-refractivity contribution in [2.75, 3.05) is 13.1 Å². The van der Waals surface area contributed by atoms with E-state index in [1.807, 2.05) is 43.3 Å². The van der Waals surface area contributed by atoms with Crippen molar-refractivity contribution in [3.63, 3.8) is 0 Å². The third-order valence-corrected chi connectivity index (χ3v) is 8.57. The average Bonchev–Trinajstić information content (AvgIpc) is 2.94. The highest BCUT2D eigenvalue weighted by Crippen LogP contribution is 2.42. The van der Waals surface area contributed by atoms with Crippen molar-refractivity contribution in [2.45, 2.75) is 36.9 Å². The maximum atomic E-state index is 13.8. The van der Waals surface area contributed by atoms with E-state index in [0.29, 0.717) is 47.9 Å². The Morgan fingerprint density at radius 1 is 1.17 bits per heavy atom. The third kappa shape index (κ3) is 5.30. The highest BCUT2D eigenvalue weighted by molar-refractivity contribution is 6.34. The molecule has 1 amide bonds. The van der Waals surface area contributed by atoms with Gasteiger partial charge in [-0.15, -0.1) is 11.6 Å². The molecular formula is C30H31Cl2N5O4. The number of aryl methyl sites for hydroxylation is 2. The second-order valence-corrected chi connectivity index (χ2v) is 11.3. The Balaban J connectivity index is 1.61. The highest BCUT2D eigenvalue weighted by Gasteiger charge is 2.45. The molecule has 0 radical (unpaired) electrons. The molecule has 1 aliphatic carbocycles. The molecule has 9 nitrogen and oxygen atoms in total. The van der Waals surface area contributed by atoms with Gasteiger partial charge in [0.25, 0.3) is 11.5 Å². The molecular weight excluding hydrogens is 565 g/mol. The predicted molar refractivity (Wildman–Crippen MR) is 159 cm³/mol. The number of benzene rings is 1. The number of alkyl halides is 1. The molecule has 2 atom stereocenters. The van der Waals surface area contributed by atoms with Crippen LogP contribution in [0.25, 0.3) is 5.57 Å². The van der Waals surface area contributed by atoms with E-state index in [0.717, 1.165) is 15.8 Å². The summed E-state index contributed by atoms with van der Waals surface area (Å²) in [7, 11) is 2.80. The van der Waals surface area contributed by atoms with Gasteiger partial charge >= 0.3 is 5.69 Å². The molecule has 2 N–H and O–H groups in total. The van der Waals surface area contributed by atoms with Crippen LogP contribution >= 0.6 is 23.2 Å². The van der Waals surface area contributed by atoms with Crippen LogP contribution in [0.4, 0.5) is 0 Å². The number of aliphatic hydroxyl groups is 1. The minimum absolute atomic E-state index is 0.205. The molecule has 1 aromatic carbocycles. The number of nitrogens with one attached hydrogen (secondary N) is 1. The summed E-state index contributed by atoms with van der Waals surface area (Å²) in [4.78, 5) is 46.1. The number of allylic oxidation sites excluding steroid dienone is 2. The number of nitrogens with zero attached hydrogens (tertiary/aromatic N) is 4. The summed E-state index contributed by atoms with van der Waals surface area (Å²) in [6.07, 6.45) is 6.95. The van der Waals surface area contributed by atoms with Gasteiger partial charge in [0, 0.05) is 50.6 Å². The van der Waals surface area contributed by atoms with E-state index >= 15 is 0 Å². The van der Waals surface area contributed by atoms with Crippen LogP contribution in [0.1, 0.15) is 39.8 Å². The fourth-order valence-electron chi connectivity index (χ4n) is 5.37. The van der Waals surface area contributed by atoms with Crippen LogP contribution in [0.5, 0.6) is 0 Å². The average molecular weight is 597 g/mol. The third-order valence-electron chi connectivity index (χ3n) is 7.66. The van der Waals surface area contributed by atoms with Crippen LogP contribution in [-0.2, 0) is 32.6 Å². The van der Waals surface area contributed by atoms with Crippen LogP contribution in [0, 0.1) is 0 Å². The monoisotopic (exact) mass is 595 g/mol. The molecule has 214 valence electrons. The van der Waals surface area contributed by atoms with Gasteiger partial charge in [-0.3, -0.25) is 24.0 Å². The van der Waals surface area contributed by atoms with Crippen molar-refractivity contribution >= 4 is 34.7 Å². The zero-order chi connectivity index (χ0) is 29.5. The lowest BCUT2D eigenvalue weighted by Gasteiger charge is -2.39. The summed E-state index contributed by atoms with van der Waals surface area (Å²) in [5.41, 5.74) is 0.892. The zero-order valence-electron chi connectivity index (χ0n) is 23.0. The Bertz CT molecular complexity index is 1690. The fourth-order valence-corrected chi connectivity index (χ4v) is 6.04. The quantitative estimate of drug-likeness (QED) is 0.406. The number of pyridine rings is 1. The largest absolute Gasteiger partial charge is 0.390 e. The minimum atomic E-state index is -1.36. The Kier molecular flexibility index (Phi) is 8.07. The first-order chi connectivity index (χ1) is 19.6. The van der Waals surface area contributed by atoms with Crippen molar-refractivity contribution in [1.29, 1.82) is 0 Å². The van der Waals surface area contributed by atoms with E-state index in [2.05, 4.69) is 10.2 Å². The first kappa shape index (κ1) is 29.0. The van der Waals surface area contributed by atoms with Crippen LogP contribution in [0.15, 0.2) is 70.4 Å². The second-order valence-electron chi connectivity index (χ2n) is 10.5. The van der Waals surface area contributed by atoms with E-state index in [-0.39, 0.29) is 11.7 Å². The van der Waals surface area contributed by atoms with E-state index in [4.69, 9.17) is 28.2 Å². The number of likely N-dealkylation sites (tertiary alicyclic amines) is 1. The number of rotatable bonds is 7. The summed E-state index contributed by atoms with van der Waals surface area (Å²) in [6.45, 7) is 3.87. The number of hydrogen-bond acceptors (Lipinski definition) is 6. The molecule has 1 aliphatic heterocycles. The van der Waals surface area contributed by atoms with Crippen LogP contribution in [0.2, 0.25) is 5.02 Å². The molecule has 41 heavy (non-hydrogen) atoms. The maximum Gasteiger partial charge on any atom is 0.330 e. The van der Waals surface area contributed by atoms with Gasteiger partial charge in [0.2, 0.25) is 0 Å². The van der Waals surface area contributed by atoms with Gasteiger partial charge in [-0.2, -0.15) is 0 Å². The Labute approximate surface area is 247 Å². The van der Waals surface area contributed by atoms with E-state index in [9.17, 15) is 19.5 Å². The first-order valence-corrected chi connectivity index (χ1v) is 14.1. The summed E-state index contributed by atoms with van der Waals surface area (Å²) in [5.74, 6) is -0.699. The fraction of sp³-hybridized carbons (Fsp3) is 0.333. The zero-order valence-corrected chi connectivity index (χ0v) is 24.5. The summed E-state index contributed by atoms with van der Waals surface area (Å²) in [5, 5.41) is 12.4. The van der Waals surface area contributed by atoms with E-state index in [1.165, 1.54) is 24.9 Å². The summed E-state index contributed by atoms with van der Waals surface area (Å²) in [6, 6.07) is 11.1. The lowest BCUT2D eigenvalue weighted by molar-refractivity contribution is -0.00307. The molecule has 1 fully saturated rings. The SMILES string of the molecule is CCc1nc(C2(NC(=O)c3cn(C)c(=O)n(C)c3=O)C=CC=C(c3ccccc3Cl)C2Cl)ccc1CN1CC(O)C1. The van der Waals surface area contributed by atoms with Gasteiger partial charge in [-0.1, -0.05) is 61.0 Å². The smallest absolute Gasteiger partial charge is 0.330 e. The molecule has 2 aliphatic rings. The number of hydrogen-bond donors (Lipinski definition) is 2. The standard InChI is InChI=1S/C30H31Cl2N5O4/c1-4-24-18(14-37-15-19(38)16-37)11-12-25(33-24)30(34-27(39)22-17-35(2)29(41)36(3)28(22)40)13-7-9-21(26(30)32)20-8-5-6-10-23(20)31/h5-13,17,19,26,38H,4,14-16H2,1-3H3,(H,34,39). The highest BCUT2D eigenvalue weighted by atomic mass is 35.5. The summed E-state index contributed by atoms with van der Waals surface area (Å²) >= 11 is 13.8. The molecule has 0 spiro atoms. The molecule has 0 saturated carbocycles. The van der Waals surface area contributed by atoms with Crippen molar-refractivity contribution < 1.29 is 9.90 Å². The van der Waals surface area contributed by atoms with Crippen LogP contribution in [0.3, 0.4) is 0 Å². The molecule has 2 aromatic heterocycles. The number of amides is 1. The molecule has 5 rings (SSSR count). The molecule has 11 heteroatoms. The molecule has 0 bridgehead atoms. The van der Waals surface area contributed by atoms with Gasteiger partial charge in [0.1, 0.15) is 11.1 Å². The lowest BCUT2D eigenvalue weighted by Crippen LogP contribution is -2.54. The Morgan fingerprint density at radius 2 is 1.90 bits per heavy atom. The van der Waals surface area contributed by atoms with Gasteiger partial charge in [-0.05, 0) is 35.3 Å². The second kappa shape index (κ2) is 11.4. The molecule has 2 unspecified atom stereocenters. The number of carbonyl (C=O) groups is 1. The molecule has 1 saturated heterocycles. The first-order valence-electron chi connectivity index (χ1n) is 13.3. The summed E-state index contributed by atoms with van der Waals surface area (Å²) < 4.78 is 2.07. The van der Waals surface area contributed by atoms with Crippen molar-refractivity contribution in [2.24, 2.45) is 14.1 Å². The number of carbonyl (C=O) groups excluding carboxylic acids is 1. The predicted octanol–water partition coefficient (Wildman–Crippen LogP) is 2.76. The molecule has 3 heterocycles. The van der Waals surface area contributed by atoms with Crippen molar-refractivity contribution in [1.82, 2.24) is 24.3 Å². The number of aromatic nitrogens is 3.